The molecule has 0 spiro atoms. The fraction of sp³-hybridized carbons (Fsp3) is 0.435. The number of nitrogens with one attached hydrogen (secondary N) is 2. The van der Waals surface area contributed by atoms with Crippen LogP contribution in [0.3, 0.4) is 0 Å². The number of carbonyl (C=O) groups is 1. The molecular formula is C23H30F2N4O. The lowest BCUT2D eigenvalue weighted by Crippen LogP contribution is -2.48. The number of hydrazine groups is 1. The lowest BCUT2D eigenvalue weighted by atomic mass is 9.87. The molecule has 162 valence electrons. The predicted molar refractivity (Wildman–Crippen MR) is 114 cm³/mol. The van der Waals surface area contributed by atoms with Crippen LogP contribution >= 0.6 is 0 Å². The van der Waals surface area contributed by atoms with Crippen molar-refractivity contribution in [3.8, 4) is 0 Å². The Morgan fingerprint density at radius 3 is 2.17 bits per heavy atom. The fourth-order valence-corrected chi connectivity index (χ4v) is 3.85. The van der Waals surface area contributed by atoms with Gasteiger partial charge in [-0.3, -0.25) is 5.01 Å². The summed E-state index contributed by atoms with van der Waals surface area (Å²) >= 11 is 0. The third-order valence-corrected chi connectivity index (χ3v) is 5.46. The van der Waals surface area contributed by atoms with E-state index in [1.54, 1.807) is 5.01 Å². The Balaban J connectivity index is 1.58. The van der Waals surface area contributed by atoms with Gasteiger partial charge < -0.3 is 10.2 Å². The standard InChI is InChI=1S/C23H30F2N4O/c1-2-26-23(30)29-17-16-28(15-13-27-29)14-3-4-22(18-5-9-20(24)10-6-18)19-7-11-21(25)12-8-19/h5-12,22,27H,2-4,13-17H2,1H3,(H,26,30). The quantitative estimate of drug-likeness (QED) is 0.723. The molecular weight excluding hydrogens is 386 g/mol. The summed E-state index contributed by atoms with van der Waals surface area (Å²) < 4.78 is 26.8. The molecule has 0 atom stereocenters. The van der Waals surface area contributed by atoms with Gasteiger partial charge in [-0.15, -0.1) is 0 Å². The van der Waals surface area contributed by atoms with Gasteiger partial charge in [-0.05, 0) is 61.7 Å². The van der Waals surface area contributed by atoms with Gasteiger partial charge in [0.1, 0.15) is 11.6 Å². The van der Waals surface area contributed by atoms with Crippen LogP contribution in [0.15, 0.2) is 48.5 Å². The fourth-order valence-electron chi connectivity index (χ4n) is 3.85. The summed E-state index contributed by atoms with van der Waals surface area (Å²) in [6, 6.07) is 13.0. The van der Waals surface area contributed by atoms with Gasteiger partial charge in [0.25, 0.3) is 0 Å². The first-order chi connectivity index (χ1) is 14.6. The Morgan fingerprint density at radius 2 is 1.60 bits per heavy atom. The van der Waals surface area contributed by atoms with Gasteiger partial charge in [-0.25, -0.2) is 19.0 Å². The van der Waals surface area contributed by atoms with Crippen molar-refractivity contribution in [2.45, 2.75) is 25.7 Å². The molecule has 2 aromatic rings. The third-order valence-electron chi connectivity index (χ3n) is 5.46. The molecule has 0 aliphatic carbocycles. The molecule has 5 nitrogen and oxygen atoms in total. The molecule has 0 aromatic heterocycles. The van der Waals surface area contributed by atoms with Gasteiger partial charge in [0.15, 0.2) is 0 Å². The summed E-state index contributed by atoms with van der Waals surface area (Å²) in [4.78, 5) is 14.3. The minimum atomic E-state index is -0.259. The maximum atomic E-state index is 13.4. The number of hydrogen-bond acceptors (Lipinski definition) is 3. The molecule has 1 heterocycles. The van der Waals surface area contributed by atoms with E-state index in [0.717, 1.165) is 50.1 Å². The molecule has 1 aliphatic heterocycles. The summed E-state index contributed by atoms with van der Waals surface area (Å²) in [5.74, 6) is -0.432. The molecule has 0 radical (unpaired) electrons. The van der Waals surface area contributed by atoms with Crippen LogP contribution in [0.5, 0.6) is 0 Å². The maximum Gasteiger partial charge on any atom is 0.331 e. The number of amides is 2. The second kappa shape index (κ2) is 11.0. The van der Waals surface area contributed by atoms with E-state index in [0.29, 0.717) is 13.1 Å². The summed E-state index contributed by atoms with van der Waals surface area (Å²) in [6.45, 7) is 6.44. The van der Waals surface area contributed by atoms with E-state index in [9.17, 15) is 13.6 Å². The van der Waals surface area contributed by atoms with E-state index in [1.165, 1.54) is 24.3 Å². The van der Waals surface area contributed by atoms with E-state index in [1.807, 2.05) is 31.2 Å². The molecule has 2 aromatic carbocycles. The number of rotatable bonds is 7. The maximum absolute atomic E-state index is 13.4. The van der Waals surface area contributed by atoms with Crippen LogP contribution in [0, 0.1) is 11.6 Å². The molecule has 1 aliphatic rings. The summed E-state index contributed by atoms with van der Waals surface area (Å²) in [6.07, 6.45) is 1.82. The molecule has 0 saturated carbocycles. The summed E-state index contributed by atoms with van der Waals surface area (Å²) in [5.41, 5.74) is 5.23. The van der Waals surface area contributed by atoms with Crippen molar-refractivity contribution >= 4 is 6.03 Å². The highest BCUT2D eigenvalue weighted by molar-refractivity contribution is 5.73. The van der Waals surface area contributed by atoms with Crippen LogP contribution in [-0.4, -0.2) is 55.2 Å². The number of halogens is 2. The van der Waals surface area contributed by atoms with Crippen LogP contribution in [0.25, 0.3) is 0 Å². The predicted octanol–water partition coefficient (Wildman–Crippen LogP) is 3.73. The first kappa shape index (κ1) is 22.2. The monoisotopic (exact) mass is 416 g/mol. The highest BCUT2D eigenvalue weighted by Crippen LogP contribution is 2.29. The molecule has 30 heavy (non-hydrogen) atoms. The average Bonchev–Trinajstić information content (AvgIpc) is 2.99. The molecule has 0 bridgehead atoms. The molecule has 0 unspecified atom stereocenters. The number of nitrogens with zero attached hydrogens (tertiary/aromatic N) is 2. The highest BCUT2D eigenvalue weighted by atomic mass is 19.1. The lowest BCUT2D eigenvalue weighted by molar-refractivity contribution is 0.176. The van der Waals surface area contributed by atoms with Gasteiger partial charge in [0, 0.05) is 32.1 Å². The zero-order chi connectivity index (χ0) is 21.3. The minimum absolute atomic E-state index is 0.0862. The smallest absolute Gasteiger partial charge is 0.331 e. The van der Waals surface area contributed by atoms with Crippen molar-refractivity contribution in [3.63, 3.8) is 0 Å². The third kappa shape index (κ3) is 6.24. The minimum Gasteiger partial charge on any atom is -0.337 e. The number of carbonyl (C=O) groups excluding carboxylic acids is 1. The average molecular weight is 417 g/mol. The topological polar surface area (TPSA) is 47.6 Å². The second-order valence-corrected chi connectivity index (χ2v) is 7.53. The van der Waals surface area contributed by atoms with Gasteiger partial charge in [0.2, 0.25) is 0 Å². The van der Waals surface area contributed by atoms with Crippen LogP contribution in [0.4, 0.5) is 13.6 Å². The Labute approximate surface area is 177 Å². The Morgan fingerprint density at radius 1 is 1.00 bits per heavy atom. The molecule has 1 saturated heterocycles. The van der Waals surface area contributed by atoms with Crippen molar-refractivity contribution in [1.29, 1.82) is 0 Å². The molecule has 7 heteroatoms. The van der Waals surface area contributed by atoms with Crippen molar-refractivity contribution < 1.29 is 13.6 Å². The first-order valence-corrected chi connectivity index (χ1v) is 10.6. The highest BCUT2D eigenvalue weighted by Gasteiger charge is 2.19. The van der Waals surface area contributed by atoms with E-state index in [2.05, 4.69) is 15.6 Å². The summed E-state index contributed by atoms with van der Waals surface area (Å²) in [5, 5.41) is 4.45. The van der Waals surface area contributed by atoms with Gasteiger partial charge in [-0.1, -0.05) is 24.3 Å². The van der Waals surface area contributed by atoms with Crippen LogP contribution in [-0.2, 0) is 0 Å². The SMILES string of the molecule is CCNC(=O)N1CCN(CCCC(c2ccc(F)cc2)c2ccc(F)cc2)CCN1. The number of hydrogen-bond donors (Lipinski definition) is 2. The zero-order valence-electron chi connectivity index (χ0n) is 17.4. The Bertz CT molecular complexity index is 752. The van der Waals surface area contributed by atoms with Crippen LogP contribution in [0.2, 0.25) is 0 Å². The second-order valence-electron chi connectivity index (χ2n) is 7.53. The molecule has 1 fully saturated rings. The van der Waals surface area contributed by atoms with Gasteiger partial charge in [0.05, 0.1) is 6.54 Å². The molecule has 2 N–H and O–H groups in total. The number of benzene rings is 2. The molecule has 2 amide bonds. The summed E-state index contributed by atoms with van der Waals surface area (Å²) in [7, 11) is 0. The van der Waals surface area contributed by atoms with Crippen molar-refractivity contribution in [3.05, 3.63) is 71.3 Å². The van der Waals surface area contributed by atoms with E-state index >= 15 is 0 Å². The lowest BCUT2D eigenvalue weighted by Gasteiger charge is -2.23. The molecule has 3 rings (SSSR count). The van der Waals surface area contributed by atoms with E-state index in [4.69, 9.17) is 0 Å². The Hall–Kier alpha value is -2.51. The van der Waals surface area contributed by atoms with Crippen LogP contribution < -0.4 is 10.7 Å². The normalized spacial score (nSPS) is 15.3. The number of urea groups is 1. The van der Waals surface area contributed by atoms with Crippen molar-refractivity contribution in [2.24, 2.45) is 0 Å². The van der Waals surface area contributed by atoms with Gasteiger partial charge >= 0.3 is 6.03 Å². The Kier molecular flexibility index (Phi) is 8.16. The largest absolute Gasteiger partial charge is 0.337 e. The van der Waals surface area contributed by atoms with Crippen LogP contribution in [0.1, 0.15) is 36.8 Å². The first-order valence-electron chi connectivity index (χ1n) is 10.6. The van der Waals surface area contributed by atoms with E-state index < -0.39 is 0 Å². The van der Waals surface area contributed by atoms with Crippen molar-refractivity contribution in [2.75, 3.05) is 39.3 Å². The van der Waals surface area contributed by atoms with Crippen molar-refractivity contribution in [1.82, 2.24) is 20.7 Å². The zero-order valence-corrected chi connectivity index (χ0v) is 17.4. The van der Waals surface area contributed by atoms with Gasteiger partial charge in [-0.2, -0.15) is 0 Å². The van der Waals surface area contributed by atoms with E-state index in [-0.39, 0.29) is 23.6 Å².